The van der Waals surface area contributed by atoms with Crippen LogP contribution < -0.4 is 20.1 Å². The molecule has 2 N–H and O–H groups in total. The maximum absolute atomic E-state index is 13.5. The van der Waals surface area contributed by atoms with Crippen LogP contribution in [0.25, 0.3) is 0 Å². The molecule has 15 heteroatoms. The minimum absolute atomic E-state index is 0.118. The van der Waals surface area contributed by atoms with Crippen molar-refractivity contribution >= 4 is 51.9 Å². The van der Waals surface area contributed by atoms with Gasteiger partial charge in [0.2, 0.25) is 5.91 Å². The number of methoxy groups -OCH3 is 2. The number of hydrogen-bond donors (Lipinski definition) is 2. The lowest BCUT2D eigenvalue weighted by Gasteiger charge is -2.26. The van der Waals surface area contributed by atoms with Crippen molar-refractivity contribution in [2.75, 3.05) is 32.8 Å². The van der Waals surface area contributed by atoms with Crippen LogP contribution in [-0.2, 0) is 20.8 Å². The molecule has 3 aromatic rings. The van der Waals surface area contributed by atoms with E-state index in [4.69, 9.17) is 18.9 Å². The number of ether oxygens (including phenoxy) is 4. The normalized spacial score (nSPS) is 13.8. The third kappa shape index (κ3) is 8.44. The first kappa shape index (κ1) is 35.7. The highest BCUT2D eigenvalue weighted by atomic mass is 32.2. The Kier molecular flexibility index (Phi) is 12.6. The summed E-state index contributed by atoms with van der Waals surface area (Å²) in [4.78, 5) is 52.2. The first-order valence-electron chi connectivity index (χ1n) is 15.5. The van der Waals surface area contributed by atoms with Gasteiger partial charge in [-0.3, -0.25) is 9.59 Å². The molecule has 1 saturated carbocycles. The van der Waals surface area contributed by atoms with Crippen molar-refractivity contribution in [2.24, 2.45) is 0 Å². The van der Waals surface area contributed by atoms with E-state index in [-0.39, 0.29) is 47.1 Å². The Morgan fingerprint density at radius 2 is 1.68 bits per heavy atom. The highest BCUT2D eigenvalue weighted by Crippen LogP contribution is 2.37. The summed E-state index contributed by atoms with van der Waals surface area (Å²) < 4.78 is 23.0. The molecule has 0 aliphatic heterocycles. The second-order valence-electron chi connectivity index (χ2n) is 10.8. The van der Waals surface area contributed by atoms with Gasteiger partial charge in [-0.05, 0) is 64.3 Å². The number of thioether (sulfide) groups is 1. The first-order chi connectivity index (χ1) is 22.6. The van der Waals surface area contributed by atoms with Crippen LogP contribution in [0.4, 0.5) is 5.00 Å². The van der Waals surface area contributed by atoms with Gasteiger partial charge >= 0.3 is 11.9 Å². The molecule has 254 valence electrons. The zero-order valence-electron chi connectivity index (χ0n) is 27.5. The fourth-order valence-electron chi connectivity index (χ4n) is 5.32. The van der Waals surface area contributed by atoms with Gasteiger partial charge in [0.25, 0.3) is 5.91 Å². The van der Waals surface area contributed by atoms with Crippen LogP contribution in [0.15, 0.2) is 23.4 Å². The highest BCUT2D eigenvalue weighted by Gasteiger charge is 2.30. The Morgan fingerprint density at radius 1 is 1.00 bits per heavy atom. The van der Waals surface area contributed by atoms with E-state index in [1.165, 1.54) is 26.0 Å². The Balaban J connectivity index is 1.54. The molecule has 0 saturated heterocycles. The number of thiophene rings is 1. The first-order valence-corrected chi connectivity index (χ1v) is 17.2. The topological polar surface area (TPSA) is 160 Å². The summed E-state index contributed by atoms with van der Waals surface area (Å²) in [6.07, 6.45) is 5.10. The smallest absolute Gasteiger partial charge is 0.348 e. The molecule has 1 fully saturated rings. The SMILES string of the molecule is CCOC(=O)c1sc(NC(=O)[C@@H](C)Sc2nnc(CNC(=O)c3ccc(OC)c(OC)c3)n2C2CCCCC2)c(C(=O)OCC)c1C. The van der Waals surface area contributed by atoms with E-state index >= 15 is 0 Å². The van der Waals surface area contributed by atoms with E-state index in [9.17, 15) is 19.2 Å². The van der Waals surface area contributed by atoms with E-state index in [0.717, 1.165) is 43.4 Å². The molecule has 0 unspecified atom stereocenters. The van der Waals surface area contributed by atoms with Crippen molar-refractivity contribution in [3.8, 4) is 11.5 Å². The summed E-state index contributed by atoms with van der Waals surface area (Å²) in [5.74, 6) is -0.361. The van der Waals surface area contributed by atoms with E-state index in [1.54, 1.807) is 45.9 Å². The second-order valence-corrected chi connectivity index (χ2v) is 13.1. The molecule has 1 aliphatic carbocycles. The molecular weight excluding hydrogens is 647 g/mol. The monoisotopic (exact) mass is 687 g/mol. The lowest BCUT2D eigenvalue weighted by atomic mass is 9.95. The van der Waals surface area contributed by atoms with Crippen LogP contribution in [0.5, 0.6) is 11.5 Å². The van der Waals surface area contributed by atoms with Crippen LogP contribution in [0, 0.1) is 6.92 Å². The van der Waals surface area contributed by atoms with Crippen molar-refractivity contribution < 1.29 is 38.1 Å². The summed E-state index contributed by atoms with van der Waals surface area (Å²) in [6, 6.07) is 5.05. The highest BCUT2D eigenvalue weighted by molar-refractivity contribution is 8.00. The number of benzene rings is 1. The molecule has 0 radical (unpaired) electrons. The zero-order valence-corrected chi connectivity index (χ0v) is 29.1. The molecule has 1 aromatic carbocycles. The summed E-state index contributed by atoms with van der Waals surface area (Å²) in [6.45, 7) is 7.17. The van der Waals surface area contributed by atoms with E-state index in [0.29, 0.717) is 33.6 Å². The van der Waals surface area contributed by atoms with Gasteiger partial charge < -0.3 is 34.1 Å². The second kappa shape index (κ2) is 16.6. The number of esters is 2. The van der Waals surface area contributed by atoms with Crippen molar-refractivity contribution in [2.45, 2.75) is 82.8 Å². The van der Waals surface area contributed by atoms with Gasteiger partial charge in [-0.15, -0.1) is 21.5 Å². The maximum atomic E-state index is 13.5. The molecule has 2 amide bonds. The number of nitrogens with one attached hydrogen (secondary N) is 2. The number of anilines is 1. The Hall–Kier alpha value is -4.11. The maximum Gasteiger partial charge on any atom is 0.348 e. The lowest BCUT2D eigenvalue weighted by Crippen LogP contribution is -2.27. The number of carbonyl (C=O) groups excluding carboxylic acids is 4. The summed E-state index contributed by atoms with van der Waals surface area (Å²) in [5.41, 5.74) is 0.922. The fraction of sp³-hybridized carbons (Fsp3) is 0.500. The minimum Gasteiger partial charge on any atom is -0.493 e. The number of amides is 2. The fourth-order valence-corrected chi connectivity index (χ4v) is 7.35. The van der Waals surface area contributed by atoms with Gasteiger partial charge in [-0.1, -0.05) is 31.0 Å². The predicted molar refractivity (Wildman–Crippen MR) is 178 cm³/mol. The lowest BCUT2D eigenvalue weighted by molar-refractivity contribution is -0.115. The van der Waals surface area contributed by atoms with Gasteiger partial charge in [0.1, 0.15) is 9.88 Å². The molecule has 0 bridgehead atoms. The molecular formula is C32H41N5O8S2. The number of aromatic nitrogens is 3. The number of hydrogen-bond acceptors (Lipinski definition) is 12. The van der Waals surface area contributed by atoms with Crippen molar-refractivity contribution in [3.63, 3.8) is 0 Å². The molecule has 47 heavy (non-hydrogen) atoms. The Bertz CT molecular complexity index is 1600. The zero-order chi connectivity index (χ0) is 34.1. The Morgan fingerprint density at radius 3 is 2.34 bits per heavy atom. The van der Waals surface area contributed by atoms with Gasteiger partial charge in [0.15, 0.2) is 22.5 Å². The summed E-state index contributed by atoms with van der Waals surface area (Å²) in [7, 11) is 3.04. The molecule has 13 nitrogen and oxygen atoms in total. The van der Waals surface area contributed by atoms with Crippen molar-refractivity contribution in [1.82, 2.24) is 20.1 Å². The van der Waals surface area contributed by atoms with Gasteiger partial charge in [0, 0.05) is 11.6 Å². The van der Waals surface area contributed by atoms with Crippen LogP contribution in [-0.4, -0.2) is 71.2 Å². The molecule has 1 aliphatic rings. The average Bonchev–Trinajstić information content (AvgIpc) is 3.63. The third-order valence-corrected chi connectivity index (χ3v) is 9.95. The van der Waals surface area contributed by atoms with Gasteiger partial charge in [-0.25, -0.2) is 9.59 Å². The molecule has 2 aromatic heterocycles. The summed E-state index contributed by atoms with van der Waals surface area (Å²) in [5, 5.41) is 14.7. The van der Waals surface area contributed by atoms with Gasteiger partial charge in [-0.2, -0.15) is 0 Å². The number of carbonyl (C=O) groups is 4. The standard InChI is InChI=1S/C32H41N5O8S2/c1-7-44-30(40)25-18(3)26(31(41)45-8-2)47-29(25)34-27(38)19(4)46-32-36-35-24(37(32)21-12-10-9-11-13-21)17-33-28(39)20-14-15-22(42-5)23(16-20)43-6/h14-16,19,21H,7-13,17H2,1-6H3,(H,33,39)(H,34,38)/t19-/m1/s1. The third-order valence-electron chi connectivity index (χ3n) is 7.70. The molecule has 1 atom stereocenters. The van der Waals surface area contributed by atoms with Crippen molar-refractivity contribution in [1.29, 1.82) is 0 Å². The largest absolute Gasteiger partial charge is 0.493 e. The van der Waals surface area contributed by atoms with Crippen LogP contribution in [0.1, 0.15) is 101 Å². The quantitative estimate of drug-likeness (QED) is 0.161. The van der Waals surface area contributed by atoms with E-state index in [1.807, 2.05) is 4.57 Å². The predicted octanol–water partition coefficient (Wildman–Crippen LogP) is 5.57. The molecule has 0 spiro atoms. The van der Waals surface area contributed by atoms with E-state index in [2.05, 4.69) is 20.8 Å². The van der Waals surface area contributed by atoms with Gasteiger partial charge in [0.05, 0.1) is 44.8 Å². The van der Waals surface area contributed by atoms with Crippen LogP contribution >= 0.6 is 23.1 Å². The van der Waals surface area contributed by atoms with Crippen LogP contribution in [0.3, 0.4) is 0 Å². The Labute approximate surface area is 282 Å². The summed E-state index contributed by atoms with van der Waals surface area (Å²) >= 11 is 2.21. The molecule has 2 heterocycles. The minimum atomic E-state index is -0.653. The number of nitrogens with zero attached hydrogens (tertiary/aromatic N) is 3. The molecule has 4 rings (SSSR count). The number of rotatable bonds is 14. The van der Waals surface area contributed by atoms with Crippen molar-refractivity contribution in [3.05, 3.63) is 45.6 Å². The average molecular weight is 688 g/mol. The van der Waals surface area contributed by atoms with Crippen LogP contribution in [0.2, 0.25) is 0 Å². The van der Waals surface area contributed by atoms with E-state index < -0.39 is 23.1 Å².